The maximum atomic E-state index is 14.0. The molecule has 0 fully saturated rings. The Balaban J connectivity index is 1.76. The summed E-state index contributed by atoms with van der Waals surface area (Å²) in [7, 11) is 1.62. The van der Waals surface area contributed by atoms with Crippen LogP contribution in [-0.4, -0.2) is 35.2 Å². The first kappa shape index (κ1) is 21.3. The number of rotatable bonds is 4. The Labute approximate surface area is 192 Å². The van der Waals surface area contributed by atoms with Gasteiger partial charge in [-0.05, 0) is 35.1 Å². The molecule has 5 rings (SSSR count). The highest BCUT2D eigenvalue weighted by Gasteiger charge is 2.71. The molecule has 0 bridgehead atoms. The highest BCUT2D eigenvalue weighted by molar-refractivity contribution is 6.36. The van der Waals surface area contributed by atoms with Crippen LogP contribution >= 0.6 is 0 Å². The molecule has 0 radical (unpaired) electrons. The van der Waals surface area contributed by atoms with E-state index in [0.717, 1.165) is 11.1 Å². The van der Waals surface area contributed by atoms with Gasteiger partial charge in [0.15, 0.2) is 0 Å². The van der Waals surface area contributed by atoms with Gasteiger partial charge in [0.1, 0.15) is 5.41 Å². The average Bonchev–Trinajstić information content (AvgIpc) is 3.17. The minimum absolute atomic E-state index is 0.0214. The summed E-state index contributed by atoms with van der Waals surface area (Å²) in [6, 6.07) is 21.2. The van der Waals surface area contributed by atoms with E-state index in [1.54, 1.807) is 43.4 Å². The highest BCUT2D eigenvalue weighted by Crippen LogP contribution is 2.53. The number of amides is 1. The van der Waals surface area contributed by atoms with Gasteiger partial charge in [-0.15, -0.1) is 0 Å². The molecular formula is C28H25NO4. The fourth-order valence-electron chi connectivity index (χ4n) is 5.37. The summed E-state index contributed by atoms with van der Waals surface area (Å²) in [5.41, 5.74) is -1.02. The largest absolute Gasteiger partial charge is 0.373 e. The van der Waals surface area contributed by atoms with Gasteiger partial charge >= 0.3 is 0 Å². The van der Waals surface area contributed by atoms with E-state index >= 15 is 0 Å². The molecule has 3 aromatic rings. The van der Waals surface area contributed by atoms with E-state index in [1.165, 1.54) is 17.0 Å². The van der Waals surface area contributed by atoms with Crippen LogP contribution in [-0.2, 0) is 16.6 Å². The Hall–Kier alpha value is -3.57. The molecule has 1 unspecified atom stereocenters. The van der Waals surface area contributed by atoms with E-state index < -0.39 is 28.5 Å². The molecule has 1 atom stereocenters. The van der Waals surface area contributed by atoms with Crippen molar-refractivity contribution in [3.8, 4) is 0 Å². The molecule has 1 N–H and O–H groups in total. The van der Waals surface area contributed by atoms with Crippen LogP contribution in [0.5, 0.6) is 0 Å². The van der Waals surface area contributed by atoms with Gasteiger partial charge in [-0.25, -0.2) is 0 Å². The van der Waals surface area contributed by atoms with Crippen LogP contribution < -0.4 is 4.90 Å². The van der Waals surface area contributed by atoms with Crippen molar-refractivity contribution in [3.63, 3.8) is 0 Å². The Kier molecular flexibility index (Phi) is 4.66. The normalized spacial score (nSPS) is 21.0. The summed E-state index contributed by atoms with van der Waals surface area (Å²) in [5, 5.41) is 12.1. The molecule has 5 nitrogen and oxygen atoms in total. The molecule has 5 heteroatoms. The first-order valence-corrected chi connectivity index (χ1v) is 11.1. The smallest absolute Gasteiger partial charge is 0.241 e. The third-order valence-electron chi connectivity index (χ3n) is 7.20. The Morgan fingerprint density at radius 1 is 0.818 bits per heavy atom. The van der Waals surface area contributed by atoms with E-state index in [2.05, 4.69) is 13.8 Å². The second kappa shape index (κ2) is 7.22. The van der Waals surface area contributed by atoms with Crippen LogP contribution in [0.4, 0.5) is 5.69 Å². The van der Waals surface area contributed by atoms with Gasteiger partial charge in [0.2, 0.25) is 23.1 Å². The number of hydrogen-bond acceptors (Lipinski definition) is 4. The lowest BCUT2D eigenvalue weighted by Gasteiger charge is -2.39. The number of carbonyl (C=O) groups excluding carboxylic acids is 3. The minimum Gasteiger partial charge on any atom is -0.373 e. The molecule has 0 saturated carbocycles. The van der Waals surface area contributed by atoms with Crippen LogP contribution in [0.1, 0.15) is 57.2 Å². The van der Waals surface area contributed by atoms with Gasteiger partial charge in [0, 0.05) is 23.9 Å². The highest BCUT2D eigenvalue weighted by atomic mass is 16.3. The van der Waals surface area contributed by atoms with Crippen molar-refractivity contribution in [2.24, 2.45) is 0 Å². The predicted octanol–water partition coefficient (Wildman–Crippen LogP) is 4.08. The van der Waals surface area contributed by atoms with Gasteiger partial charge in [-0.2, -0.15) is 0 Å². The third-order valence-corrected chi connectivity index (χ3v) is 7.20. The fraction of sp³-hybridized carbons (Fsp3) is 0.250. The molecule has 1 amide bonds. The summed E-state index contributed by atoms with van der Waals surface area (Å²) in [4.78, 5) is 42.8. The second-order valence-electron chi connectivity index (χ2n) is 9.27. The zero-order valence-corrected chi connectivity index (χ0v) is 18.8. The lowest BCUT2D eigenvalue weighted by Crippen LogP contribution is -2.64. The van der Waals surface area contributed by atoms with Crippen LogP contribution in [0.15, 0.2) is 72.8 Å². The van der Waals surface area contributed by atoms with E-state index in [9.17, 15) is 19.5 Å². The second-order valence-corrected chi connectivity index (χ2v) is 9.27. The first-order valence-electron chi connectivity index (χ1n) is 11.1. The number of Topliss-reactive ketones (excluding diaryl/α,β-unsaturated/α-hetero) is 2. The van der Waals surface area contributed by atoms with Gasteiger partial charge in [0.25, 0.3) is 0 Å². The molecule has 1 aliphatic carbocycles. The predicted molar refractivity (Wildman–Crippen MR) is 126 cm³/mol. The quantitative estimate of drug-likeness (QED) is 0.622. The van der Waals surface area contributed by atoms with Crippen molar-refractivity contribution in [1.82, 2.24) is 0 Å². The lowest BCUT2D eigenvalue weighted by molar-refractivity contribution is -0.128. The van der Waals surface area contributed by atoms with Gasteiger partial charge in [-0.3, -0.25) is 14.4 Å². The van der Waals surface area contributed by atoms with Crippen molar-refractivity contribution in [2.45, 2.75) is 37.2 Å². The maximum Gasteiger partial charge on any atom is 0.241 e. The number of aliphatic hydroxyl groups is 1. The summed E-state index contributed by atoms with van der Waals surface area (Å²) in [6.45, 7) is 4.19. The molecule has 33 heavy (non-hydrogen) atoms. The number of para-hydroxylation sites is 1. The van der Waals surface area contributed by atoms with E-state index in [-0.39, 0.29) is 17.5 Å². The van der Waals surface area contributed by atoms with Crippen molar-refractivity contribution in [3.05, 3.63) is 101 Å². The van der Waals surface area contributed by atoms with Gasteiger partial charge in [-0.1, -0.05) is 80.6 Å². The number of fused-ring (bicyclic) bond motifs is 2. The number of likely N-dealkylation sites (N-methyl/N-ethyl adjacent to an activating group) is 1. The zero-order chi connectivity index (χ0) is 23.5. The number of anilines is 1. The van der Waals surface area contributed by atoms with Crippen LogP contribution in [0.25, 0.3) is 0 Å². The van der Waals surface area contributed by atoms with Crippen molar-refractivity contribution in [2.75, 3.05) is 11.9 Å². The monoisotopic (exact) mass is 439 g/mol. The molecule has 1 heterocycles. The summed E-state index contributed by atoms with van der Waals surface area (Å²) < 4.78 is 0. The van der Waals surface area contributed by atoms with Crippen LogP contribution in [0.2, 0.25) is 0 Å². The minimum atomic E-state index is -2.54. The maximum absolute atomic E-state index is 14.0. The van der Waals surface area contributed by atoms with Crippen molar-refractivity contribution < 1.29 is 19.5 Å². The first-order chi connectivity index (χ1) is 15.7. The molecule has 0 aromatic heterocycles. The molecule has 0 spiro atoms. The molecule has 1 aliphatic heterocycles. The molecule has 3 aromatic carbocycles. The molecule has 166 valence electrons. The fourth-order valence-corrected chi connectivity index (χ4v) is 5.37. The number of nitrogens with zero attached hydrogens (tertiary/aromatic N) is 1. The SMILES string of the molecule is CC(C)c1ccc(CC2(C3(O)C(=O)c4ccccc4C3=O)C(=O)N(C)c3ccccc32)cc1. The number of hydrogen-bond donors (Lipinski definition) is 1. The molecule has 0 saturated heterocycles. The van der Waals surface area contributed by atoms with Gasteiger partial charge in [0.05, 0.1) is 0 Å². The Morgan fingerprint density at radius 3 is 1.94 bits per heavy atom. The van der Waals surface area contributed by atoms with Crippen LogP contribution in [0, 0.1) is 0 Å². The van der Waals surface area contributed by atoms with Crippen molar-refractivity contribution >= 4 is 23.2 Å². The van der Waals surface area contributed by atoms with E-state index in [4.69, 9.17) is 0 Å². The topological polar surface area (TPSA) is 74.7 Å². The van der Waals surface area contributed by atoms with Gasteiger partial charge < -0.3 is 10.0 Å². The summed E-state index contributed by atoms with van der Waals surface area (Å²) in [5.74, 6) is -1.57. The summed E-state index contributed by atoms with van der Waals surface area (Å²) in [6.07, 6.45) is 0.0214. The Morgan fingerprint density at radius 2 is 1.36 bits per heavy atom. The Bertz CT molecular complexity index is 1270. The van der Waals surface area contributed by atoms with E-state index in [1.807, 2.05) is 24.3 Å². The number of ketones is 2. The van der Waals surface area contributed by atoms with E-state index in [0.29, 0.717) is 17.2 Å². The zero-order valence-electron chi connectivity index (χ0n) is 18.8. The lowest BCUT2D eigenvalue weighted by atomic mass is 9.62. The number of carbonyl (C=O) groups is 3. The third kappa shape index (κ3) is 2.66. The molecule has 2 aliphatic rings. The standard InChI is InChI=1S/C28H25NO4/c1-17(2)19-14-12-18(13-15-19)16-27(22-10-6-7-11-23(22)29(3)26(27)32)28(33)24(30)20-8-4-5-9-21(20)25(28)31/h4-15,17,33H,16H2,1-3H3. The summed E-state index contributed by atoms with van der Waals surface area (Å²) >= 11 is 0. The van der Waals surface area contributed by atoms with Crippen LogP contribution in [0.3, 0.4) is 0 Å². The van der Waals surface area contributed by atoms with Crippen molar-refractivity contribution in [1.29, 1.82) is 0 Å². The molecular weight excluding hydrogens is 414 g/mol. The number of benzene rings is 3. The average molecular weight is 440 g/mol.